The van der Waals surface area contributed by atoms with Crippen LogP contribution in [0, 0.1) is 19.1 Å². The molecule has 1 radical (unpaired) electrons. The van der Waals surface area contributed by atoms with E-state index in [-0.39, 0.29) is 20.1 Å². The summed E-state index contributed by atoms with van der Waals surface area (Å²) in [6.07, 6.45) is 3.74. The van der Waals surface area contributed by atoms with Crippen molar-refractivity contribution in [2.75, 3.05) is 0 Å². The van der Waals surface area contributed by atoms with Gasteiger partial charge in [0.15, 0.2) is 0 Å². The third kappa shape index (κ3) is 6.20. The minimum absolute atomic E-state index is 0. The molecule has 0 saturated heterocycles. The van der Waals surface area contributed by atoms with E-state index in [1.165, 1.54) is 11.1 Å². The first-order chi connectivity index (χ1) is 23.5. The van der Waals surface area contributed by atoms with Gasteiger partial charge in [-0.05, 0) is 75.3 Å². The Balaban J connectivity index is 0.000000228. The van der Waals surface area contributed by atoms with Crippen molar-refractivity contribution in [1.29, 1.82) is 0 Å². The largest absolute Gasteiger partial charge is 0.501 e. The van der Waals surface area contributed by atoms with Crippen molar-refractivity contribution < 1.29 is 28.9 Å². The zero-order valence-corrected chi connectivity index (χ0v) is 29.7. The molecule has 49 heavy (non-hydrogen) atoms. The fourth-order valence-electron chi connectivity index (χ4n) is 6.19. The zero-order valence-electron chi connectivity index (χ0n) is 27.3. The van der Waals surface area contributed by atoms with Crippen LogP contribution in [0.25, 0.3) is 77.5 Å². The fraction of sp³-hybridized carbons (Fsp3) is 0.0909. The number of benzene rings is 5. The van der Waals surface area contributed by atoms with Crippen LogP contribution in [0.2, 0.25) is 0 Å². The molecule has 4 nitrogen and oxygen atoms in total. The molecule has 5 aromatic carbocycles. The Morgan fingerprint density at radius 1 is 0.653 bits per heavy atom. The molecular formula is C44H32IrN2O2-2. The van der Waals surface area contributed by atoms with Gasteiger partial charge in [0.1, 0.15) is 11.2 Å². The van der Waals surface area contributed by atoms with Gasteiger partial charge in [0.25, 0.3) is 0 Å². The SMILES string of the molecule is CC(C)c1ccnc(-c2[c-]c3oc4ccccc4c3c3c2oc2cc(-c4ccccc4)ccc23)c1.Cc1ccc(-c2[c-]cccc2)nc1.[Ir]. The molecule has 9 rings (SSSR count). The van der Waals surface area contributed by atoms with Gasteiger partial charge in [-0.15, -0.1) is 35.9 Å². The topological polar surface area (TPSA) is 52.1 Å². The molecule has 241 valence electrons. The monoisotopic (exact) mass is 813 g/mol. The predicted molar refractivity (Wildman–Crippen MR) is 196 cm³/mol. The Bertz CT molecular complexity index is 2530. The number of para-hydroxylation sites is 1. The van der Waals surface area contributed by atoms with Crippen molar-refractivity contribution in [2.24, 2.45) is 0 Å². The fourth-order valence-corrected chi connectivity index (χ4v) is 6.19. The molecular weight excluding hydrogens is 781 g/mol. The molecule has 9 aromatic rings. The van der Waals surface area contributed by atoms with Crippen molar-refractivity contribution in [3.63, 3.8) is 0 Å². The first kappa shape index (κ1) is 32.2. The van der Waals surface area contributed by atoms with Crippen LogP contribution in [-0.2, 0) is 20.1 Å². The second kappa shape index (κ2) is 13.6. The molecule has 0 aliphatic carbocycles. The summed E-state index contributed by atoms with van der Waals surface area (Å²) >= 11 is 0. The smallest absolute Gasteiger partial charge is 0.123 e. The molecule has 0 amide bonds. The number of pyridine rings is 2. The summed E-state index contributed by atoms with van der Waals surface area (Å²) in [6.45, 7) is 6.41. The molecule has 0 unspecified atom stereocenters. The Hall–Kier alpha value is -5.35. The predicted octanol–water partition coefficient (Wildman–Crippen LogP) is 12.0. The Labute approximate surface area is 298 Å². The van der Waals surface area contributed by atoms with Crippen LogP contribution in [0.3, 0.4) is 0 Å². The molecule has 0 spiro atoms. The van der Waals surface area contributed by atoms with E-state index < -0.39 is 0 Å². The van der Waals surface area contributed by atoms with E-state index in [0.717, 1.165) is 77.5 Å². The number of fused-ring (bicyclic) bond motifs is 7. The molecule has 4 aromatic heterocycles. The molecule has 0 bridgehead atoms. The first-order valence-corrected chi connectivity index (χ1v) is 16.2. The summed E-state index contributed by atoms with van der Waals surface area (Å²) in [5.41, 5.74) is 11.6. The van der Waals surface area contributed by atoms with Gasteiger partial charge in [-0.3, -0.25) is 0 Å². The standard InChI is InChI=1S/C32H22NO2.C12H10N.Ir/c1-19(2)21-14-15-33-26(16-21)25-18-29-30(23-10-6-7-11-27(23)34-29)31-24-13-12-22(17-28(24)35-32(25)31)20-8-4-3-5-9-20;1-10-7-8-12(13-9-10)11-5-3-2-4-6-11;/h3-17,19H,1-2H3;2-5,7-9H,1H3;/q2*-1;. The number of aryl methyl sites for hydroxylation is 1. The quantitative estimate of drug-likeness (QED) is 0.166. The van der Waals surface area contributed by atoms with Crippen LogP contribution >= 0.6 is 0 Å². The Kier molecular flexibility index (Phi) is 8.97. The molecule has 0 N–H and O–H groups in total. The summed E-state index contributed by atoms with van der Waals surface area (Å²) < 4.78 is 12.9. The van der Waals surface area contributed by atoms with Crippen molar-refractivity contribution in [2.45, 2.75) is 26.7 Å². The summed E-state index contributed by atoms with van der Waals surface area (Å²) in [7, 11) is 0. The average Bonchev–Trinajstić information content (AvgIpc) is 3.70. The second-order valence-electron chi connectivity index (χ2n) is 12.3. The normalized spacial score (nSPS) is 11.2. The van der Waals surface area contributed by atoms with Crippen LogP contribution in [0.4, 0.5) is 0 Å². The van der Waals surface area contributed by atoms with Crippen molar-refractivity contribution in [3.05, 3.63) is 157 Å². The number of furan rings is 2. The number of hydrogen-bond acceptors (Lipinski definition) is 4. The Morgan fingerprint density at radius 3 is 2.22 bits per heavy atom. The van der Waals surface area contributed by atoms with Gasteiger partial charge < -0.3 is 18.8 Å². The maximum atomic E-state index is 6.61. The van der Waals surface area contributed by atoms with Crippen LogP contribution in [-0.4, -0.2) is 9.97 Å². The van der Waals surface area contributed by atoms with Crippen LogP contribution in [0.1, 0.15) is 30.9 Å². The molecule has 5 heteroatoms. The summed E-state index contributed by atoms with van der Waals surface area (Å²) in [4.78, 5) is 9.02. The van der Waals surface area contributed by atoms with Gasteiger partial charge in [0, 0.05) is 37.9 Å². The number of nitrogens with zero attached hydrogens (tertiary/aromatic N) is 2. The second-order valence-corrected chi connectivity index (χ2v) is 12.3. The van der Waals surface area contributed by atoms with E-state index in [0.29, 0.717) is 5.92 Å². The van der Waals surface area contributed by atoms with Gasteiger partial charge in [0.2, 0.25) is 0 Å². The van der Waals surface area contributed by atoms with Crippen molar-refractivity contribution in [1.82, 2.24) is 9.97 Å². The van der Waals surface area contributed by atoms with E-state index in [1.54, 1.807) is 0 Å². The van der Waals surface area contributed by atoms with Crippen molar-refractivity contribution >= 4 is 43.9 Å². The summed E-state index contributed by atoms with van der Waals surface area (Å²) in [5.74, 6) is 0.395. The molecule has 4 heterocycles. The van der Waals surface area contributed by atoms with Gasteiger partial charge in [0.05, 0.1) is 11.2 Å². The van der Waals surface area contributed by atoms with E-state index in [4.69, 9.17) is 13.8 Å². The number of aromatic nitrogens is 2. The molecule has 0 saturated carbocycles. The van der Waals surface area contributed by atoms with Crippen LogP contribution in [0.15, 0.2) is 143 Å². The minimum atomic E-state index is 0. The number of rotatable bonds is 4. The van der Waals surface area contributed by atoms with Crippen LogP contribution in [0.5, 0.6) is 0 Å². The van der Waals surface area contributed by atoms with E-state index in [2.05, 4.69) is 97.7 Å². The Morgan fingerprint density at radius 2 is 1.45 bits per heavy atom. The van der Waals surface area contributed by atoms with Gasteiger partial charge >= 0.3 is 0 Å². The van der Waals surface area contributed by atoms with E-state index in [1.807, 2.05) is 73.9 Å². The molecule has 0 fully saturated rings. The molecule has 0 aliphatic rings. The van der Waals surface area contributed by atoms with Gasteiger partial charge in [-0.2, -0.15) is 0 Å². The van der Waals surface area contributed by atoms with E-state index in [9.17, 15) is 0 Å². The zero-order chi connectivity index (χ0) is 32.6. The average molecular weight is 813 g/mol. The third-order valence-corrected chi connectivity index (χ3v) is 8.71. The summed E-state index contributed by atoms with van der Waals surface area (Å²) in [6, 6.07) is 47.8. The third-order valence-electron chi connectivity index (χ3n) is 8.71. The first-order valence-electron chi connectivity index (χ1n) is 16.2. The minimum Gasteiger partial charge on any atom is -0.501 e. The van der Waals surface area contributed by atoms with Crippen molar-refractivity contribution in [3.8, 4) is 33.6 Å². The van der Waals surface area contributed by atoms with Crippen LogP contribution < -0.4 is 0 Å². The maximum absolute atomic E-state index is 6.61. The molecule has 0 aliphatic heterocycles. The van der Waals surface area contributed by atoms with Gasteiger partial charge in [-0.25, -0.2) is 0 Å². The molecule has 0 atom stereocenters. The van der Waals surface area contributed by atoms with E-state index >= 15 is 0 Å². The number of hydrogen-bond donors (Lipinski definition) is 0. The summed E-state index contributed by atoms with van der Waals surface area (Å²) in [5, 5.41) is 4.20. The van der Waals surface area contributed by atoms with Gasteiger partial charge in [-0.1, -0.05) is 110 Å². The maximum Gasteiger partial charge on any atom is 0.123 e.